The third kappa shape index (κ3) is 5.59. The van der Waals surface area contributed by atoms with Crippen molar-refractivity contribution in [1.82, 2.24) is 15.1 Å². The number of nitrogens with zero attached hydrogens (tertiary/aromatic N) is 3. The third-order valence-electron chi connectivity index (χ3n) is 3.18. The molecule has 23 heavy (non-hydrogen) atoms. The van der Waals surface area contributed by atoms with E-state index in [1.54, 1.807) is 11.8 Å². The number of ether oxygens (including phenoxy) is 1. The Morgan fingerprint density at radius 2 is 2.17 bits per heavy atom. The molecule has 1 amide bonds. The minimum Gasteiger partial charge on any atom is -0.492 e. The molecule has 124 valence electrons. The quantitative estimate of drug-likeness (QED) is 0.691. The van der Waals surface area contributed by atoms with E-state index >= 15 is 0 Å². The fraction of sp³-hybridized carbons (Fsp3) is 0.438. The molecule has 6 nitrogen and oxygen atoms in total. The molecule has 0 aliphatic carbocycles. The van der Waals surface area contributed by atoms with Gasteiger partial charge < -0.3 is 14.1 Å². The molecule has 1 aromatic carbocycles. The number of aromatic nitrogens is 2. The van der Waals surface area contributed by atoms with E-state index in [2.05, 4.69) is 10.2 Å². The van der Waals surface area contributed by atoms with Crippen LogP contribution in [0.3, 0.4) is 0 Å². The summed E-state index contributed by atoms with van der Waals surface area (Å²) < 4.78 is 10.9. The molecule has 7 heteroatoms. The Morgan fingerprint density at radius 1 is 1.35 bits per heavy atom. The van der Waals surface area contributed by atoms with Crippen molar-refractivity contribution in [2.45, 2.75) is 26.0 Å². The molecule has 0 aliphatic heterocycles. The topological polar surface area (TPSA) is 68.5 Å². The van der Waals surface area contributed by atoms with Crippen molar-refractivity contribution < 1.29 is 13.9 Å². The average molecular weight is 335 g/mol. The Hall–Kier alpha value is -2.02. The Morgan fingerprint density at radius 3 is 2.83 bits per heavy atom. The SMILES string of the molecule is CCN(CCOc1cccc(C)c1)C(=O)CSc1nnc(C)o1. The predicted molar refractivity (Wildman–Crippen MR) is 88.7 cm³/mol. The van der Waals surface area contributed by atoms with Gasteiger partial charge in [-0.15, -0.1) is 10.2 Å². The predicted octanol–water partition coefficient (Wildman–Crippen LogP) is 2.71. The second kappa shape index (κ2) is 8.57. The molecule has 0 unspecified atom stereocenters. The number of rotatable bonds is 8. The van der Waals surface area contributed by atoms with Crippen LogP contribution in [0.2, 0.25) is 0 Å². The number of aryl methyl sites for hydroxylation is 2. The number of thioether (sulfide) groups is 1. The summed E-state index contributed by atoms with van der Waals surface area (Å²) in [6, 6.07) is 7.87. The van der Waals surface area contributed by atoms with Crippen molar-refractivity contribution in [3.8, 4) is 5.75 Å². The van der Waals surface area contributed by atoms with Gasteiger partial charge in [0.05, 0.1) is 12.3 Å². The molecule has 1 aromatic heterocycles. The van der Waals surface area contributed by atoms with Gasteiger partial charge in [0.25, 0.3) is 5.22 Å². The van der Waals surface area contributed by atoms with Crippen LogP contribution in [-0.2, 0) is 4.79 Å². The summed E-state index contributed by atoms with van der Waals surface area (Å²) in [6.07, 6.45) is 0. The lowest BCUT2D eigenvalue weighted by atomic mass is 10.2. The summed E-state index contributed by atoms with van der Waals surface area (Å²) in [5, 5.41) is 8.02. The maximum absolute atomic E-state index is 12.2. The molecular formula is C16H21N3O3S. The van der Waals surface area contributed by atoms with E-state index in [-0.39, 0.29) is 11.7 Å². The van der Waals surface area contributed by atoms with Crippen LogP contribution in [0.5, 0.6) is 5.75 Å². The van der Waals surface area contributed by atoms with E-state index in [0.717, 1.165) is 11.3 Å². The molecular weight excluding hydrogens is 314 g/mol. The standard InChI is InChI=1S/C16H21N3O3S/c1-4-19(8-9-21-14-7-5-6-12(2)10-14)15(20)11-23-16-18-17-13(3)22-16/h5-7,10H,4,8-9,11H2,1-3H3. The van der Waals surface area contributed by atoms with Gasteiger partial charge in [-0.25, -0.2) is 0 Å². The van der Waals surface area contributed by atoms with Crippen LogP contribution < -0.4 is 4.74 Å². The molecule has 0 saturated heterocycles. The number of carbonyl (C=O) groups is 1. The first-order valence-electron chi connectivity index (χ1n) is 7.48. The second-order valence-electron chi connectivity index (χ2n) is 5.01. The summed E-state index contributed by atoms with van der Waals surface area (Å²) in [7, 11) is 0. The molecule has 0 saturated carbocycles. The van der Waals surface area contributed by atoms with Crippen LogP contribution in [-0.4, -0.2) is 46.5 Å². The first kappa shape index (κ1) is 17.3. The molecule has 1 heterocycles. The number of hydrogen-bond donors (Lipinski definition) is 0. The average Bonchev–Trinajstić information content (AvgIpc) is 2.95. The highest BCUT2D eigenvalue weighted by molar-refractivity contribution is 7.99. The summed E-state index contributed by atoms with van der Waals surface area (Å²) in [4.78, 5) is 14.0. The number of hydrogen-bond acceptors (Lipinski definition) is 6. The zero-order valence-electron chi connectivity index (χ0n) is 13.6. The van der Waals surface area contributed by atoms with Gasteiger partial charge in [0.2, 0.25) is 11.8 Å². The normalized spacial score (nSPS) is 10.6. The molecule has 2 aromatic rings. The van der Waals surface area contributed by atoms with E-state index < -0.39 is 0 Å². The number of likely N-dealkylation sites (N-methyl/N-ethyl adjacent to an activating group) is 1. The van der Waals surface area contributed by atoms with Crippen molar-refractivity contribution >= 4 is 17.7 Å². The van der Waals surface area contributed by atoms with Gasteiger partial charge >= 0.3 is 0 Å². The van der Waals surface area contributed by atoms with Crippen LogP contribution >= 0.6 is 11.8 Å². The van der Waals surface area contributed by atoms with E-state index in [1.807, 2.05) is 38.1 Å². The minimum absolute atomic E-state index is 0.0289. The molecule has 0 fully saturated rings. The summed E-state index contributed by atoms with van der Waals surface area (Å²) in [5.41, 5.74) is 1.15. The lowest BCUT2D eigenvalue weighted by Gasteiger charge is -2.20. The monoisotopic (exact) mass is 335 g/mol. The number of amides is 1. The van der Waals surface area contributed by atoms with E-state index in [0.29, 0.717) is 30.8 Å². The molecule has 0 aliphatic rings. The fourth-order valence-electron chi connectivity index (χ4n) is 1.99. The van der Waals surface area contributed by atoms with Gasteiger partial charge in [0.1, 0.15) is 12.4 Å². The summed E-state index contributed by atoms with van der Waals surface area (Å²) in [5.74, 6) is 1.63. The molecule has 0 radical (unpaired) electrons. The van der Waals surface area contributed by atoms with Crippen molar-refractivity contribution in [2.24, 2.45) is 0 Å². The molecule has 0 atom stereocenters. The molecule has 2 rings (SSSR count). The Labute approximate surface area is 140 Å². The van der Waals surface area contributed by atoms with Gasteiger partial charge in [-0.2, -0.15) is 0 Å². The molecule has 0 N–H and O–H groups in total. The number of benzene rings is 1. The largest absolute Gasteiger partial charge is 0.492 e. The highest BCUT2D eigenvalue weighted by atomic mass is 32.2. The smallest absolute Gasteiger partial charge is 0.277 e. The van der Waals surface area contributed by atoms with Crippen molar-refractivity contribution in [3.63, 3.8) is 0 Å². The van der Waals surface area contributed by atoms with Crippen molar-refractivity contribution in [3.05, 3.63) is 35.7 Å². The van der Waals surface area contributed by atoms with Crippen molar-refractivity contribution in [1.29, 1.82) is 0 Å². The van der Waals surface area contributed by atoms with E-state index in [9.17, 15) is 4.79 Å². The fourth-order valence-corrected chi connectivity index (χ4v) is 2.70. The van der Waals surface area contributed by atoms with Gasteiger partial charge in [-0.05, 0) is 31.5 Å². The third-order valence-corrected chi connectivity index (χ3v) is 3.98. The first-order chi connectivity index (χ1) is 11.1. The Balaban J connectivity index is 1.76. The van der Waals surface area contributed by atoms with E-state index in [1.165, 1.54) is 11.8 Å². The lowest BCUT2D eigenvalue weighted by molar-refractivity contribution is -0.128. The van der Waals surface area contributed by atoms with Crippen molar-refractivity contribution in [2.75, 3.05) is 25.4 Å². The zero-order valence-corrected chi connectivity index (χ0v) is 14.4. The zero-order chi connectivity index (χ0) is 16.7. The van der Waals surface area contributed by atoms with Gasteiger partial charge in [0.15, 0.2) is 0 Å². The summed E-state index contributed by atoms with van der Waals surface area (Å²) >= 11 is 1.25. The first-order valence-corrected chi connectivity index (χ1v) is 8.47. The Bertz CT molecular complexity index is 645. The lowest BCUT2D eigenvalue weighted by Crippen LogP contribution is -2.35. The molecule has 0 bridgehead atoms. The molecule has 0 spiro atoms. The van der Waals surface area contributed by atoms with E-state index in [4.69, 9.17) is 9.15 Å². The van der Waals surface area contributed by atoms with Crippen LogP contribution in [0.1, 0.15) is 18.4 Å². The maximum atomic E-state index is 12.2. The minimum atomic E-state index is 0.0289. The van der Waals surface area contributed by atoms with Gasteiger partial charge in [-0.1, -0.05) is 23.9 Å². The highest BCUT2D eigenvalue weighted by Crippen LogP contribution is 2.16. The summed E-state index contributed by atoms with van der Waals surface area (Å²) in [6.45, 7) is 7.34. The van der Waals surface area contributed by atoms with Gasteiger partial charge in [-0.3, -0.25) is 4.79 Å². The Kier molecular flexibility index (Phi) is 6.46. The second-order valence-corrected chi connectivity index (χ2v) is 5.94. The highest BCUT2D eigenvalue weighted by Gasteiger charge is 2.14. The number of carbonyl (C=O) groups excluding carboxylic acids is 1. The van der Waals surface area contributed by atoms with Crippen LogP contribution in [0, 0.1) is 13.8 Å². The van der Waals surface area contributed by atoms with Crippen LogP contribution in [0.4, 0.5) is 0 Å². The van der Waals surface area contributed by atoms with Crippen LogP contribution in [0.25, 0.3) is 0 Å². The van der Waals surface area contributed by atoms with Gasteiger partial charge in [0, 0.05) is 13.5 Å². The van der Waals surface area contributed by atoms with Crippen LogP contribution in [0.15, 0.2) is 33.9 Å². The maximum Gasteiger partial charge on any atom is 0.277 e.